The van der Waals surface area contributed by atoms with Gasteiger partial charge in [0.1, 0.15) is 12.4 Å². The van der Waals surface area contributed by atoms with Crippen LogP contribution in [0.4, 0.5) is 0 Å². The first-order chi connectivity index (χ1) is 6.84. The van der Waals surface area contributed by atoms with Crippen LogP contribution in [0.5, 0.6) is 5.75 Å². The minimum atomic E-state index is 0.404. The average molecular weight is 254 g/mol. The van der Waals surface area contributed by atoms with Crippen molar-refractivity contribution in [3.63, 3.8) is 0 Å². The molecular formula is C10H8BrNO2. The molecule has 14 heavy (non-hydrogen) atoms. The molecule has 0 fully saturated rings. The normalized spacial score (nSPS) is 10.1. The van der Waals surface area contributed by atoms with E-state index in [4.69, 9.17) is 9.15 Å². The lowest BCUT2D eigenvalue weighted by molar-refractivity contribution is 0.270. The lowest BCUT2D eigenvalue weighted by Crippen LogP contribution is -1.92. The van der Waals surface area contributed by atoms with Gasteiger partial charge in [-0.2, -0.15) is 0 Å². The van der Waals surface area contributed by atoms with Gasteiger partial charge in [0, 0.05) is 4.47 Å². The van der Waals surface area contributed by atoms with E-state index < -0.39 is 0 Å². The summed E-state index contributed by atoms with van der Waals surface area (Å²) in [5.41, 5.74) is 0. The Balaban J connectivity index is 1.95. The van der Waals surface area contributed by atoms with Gasteiger partial charge in [-0.05, 0) is 24.3 Å². The summed E-state index contributed by atoms with van der Waals surface area (Å²) in [6.07, 6.45) is 3.03. The topological polar surface area (TPSA) is 35.3 Å². The molecule has 0 saturated carbocycles. The van der Waals surface area contributed by atoms with Crippen LogP contribution in [-0.4, -0.2) is 4.98 Å². The smallest absolute Gasteiger partial charge is 0.181 e. The molecule has 0 unspecified atom stereocenters. The predicted molar refractivity (Wildman–Crippen MR) is 55.0 cm³/mol. The third kappa shape index (κ3) is 2.35. The summed E-state index contributed by atoms with van der Waals surface area (Å²) < 4.78 is 11.5. The van der Waals surface area contributed by atoms with Crippen molar-refractivity contribution in [1.29, 1.82) is 0 Å². The molecule has 0 bridgehead atoms. The Hall–Kier alpha value is -1.29. The second-order valence-corrected chi connectivity index (χ2v) is 3.63. The van der Waals surface area contributed by atoms with Gasteiger partial charge in [-0.15, -0.1) is 0 Å². The molecule has 4 heteroatoms. The summed E-state index contributed by atoms with van der Waals surface area (Å²) in [6.45, 7) is 0.404. The molecule has 72 valence electrons. The Labute approximate surface area is 89.8 Å². The number of aromatic nitrogens is 1. The Bertz CT molecular complexity index is 383. The van der Waals surface area contributed by atoms with E-state index in [-0.39, 0.29) is 0 Å². The van der Waals surface area contributed by atoms with E-state index >= 15 is 0 Å². The van der Waals surface area contributed by atoms with Crippen LogP contribution in [0, 0.1) is 0 Å². The molecule has 2 aromatic rings. The van der Waals surface area contributed by atoms with Crippen LogP contribution in [0.1, 0.15) is 5.76 Å². The molecule has 0 saturated heterocycles. The van der Waals surface area contributed by atoms with E-state index in [1.807, 2.05) is 24.3 Å². The largest absolute Gasteiger partial charge is 0.486 e. The van der Waals surface area contributed by atoms with Gasteiger partial charge in [0.05, 0.1) is 6.20 Å². The van der Waals surface area contributed by atoms with Crippen LogP contribution in [0.15, 0.2) is 45.7 Å². The first kappa shape index (κ1) is 9.27. The zero-order chi connectivity index (χ0) is 9.80. The van der Waals surface area contributed by atoms with Gasteiger partial charge in [0.25, 0.3) is 0 Å². The summed E-state index contributed by atoms with van der Waals surface area (Å²) in [6, 6.07) is 7.63. The average Bonchev–Trinajstić information content (AvgIpc) is 2.70. The molecule has 1 aromatic heterocycles. The van der Waals surface area contributed by atoms with Gasteiger partial charge in [0.2, 0.25) is 0 Å². The molecule has 0 amide bonds. The monoisotopic (exact) mass is 253 g/mol. The van der Waals surface area contributed by atoms with Crippen molar-refractivity contribution < 1.29 is 9.15 Å². The van der Waals surface area contributed by atoms with E-state index in [0.29, 0.717) is 12.4 Å². The highest BCUT2D eigenvalue weighted by atomic mass is 79.9. The first-order valence-electron chi connectivity index (χ1n) is 4.10. The second-order valence-electron chi connectivity index (χ2n) is 2.71. The van der Waals surface area contributed by atoms with Crippen molar-refractivity contribution in [2.45, 2.75) is 6.61 Å². The molecule has 2 rings (SSSR count). The molecule has 3 nitrogen and oxygen atoms in total. The number of nitrogens with zero attached hydrogens (tertiary/aromatic N) is 1. The fraction of sp³-hybridized carbons (Fsp3) is 0.100. The SMILES string of the molecule is Brc1ccc(OCc2cnco2)cc1. The molecule has 0 aliphatic carbocycles. The quantitative estimate of drug-likeness (QED) is 0.844. The molecule has 1 heterocycles. The molecule has 0 radical (unpaired) electrons. The van der Waals surface area contributed by atoms with Gasteiger partial charge in [-0.3, -0.25) is 0 Å². The predicted octanol–water partition coefficient (Wildman–Crippen LogP) is 3.02. The zero-order valence-electron chi connectivity index (χ0n) is 7.31. The second kappa shape index (κ2) is 4.28. The molecule has 0 atom stereocenters. The zero-order valence-corrected chi connectivity index (χ0v) is 8.90. The number of hydrogen-bond donors (Lipinski definition) is 0. The molecule has 0 aliphatic rings. The Morgan fingerprint density at radius 3 is 2.71 bits per heavy atom. The number of ether oxygens (including phenoxy) is 1. The van der Waals surface area contributed by atoms with Crippen molar-refractivity contribution in [1.82, 2.24) is 4.98 Å². The highest BCUT2D eigenvalue weighted by Gasteiger charge is 1.98. The summed E-state index contributed by atoms with van der Waals surface area (Å²) in [5, 5.41) is 0. The van der Waals surface area contributed by atoms with E-state index in [0.717, 1.165) is 10.2 Å². The number of hydrogen-bond acceptors (Lipinski definition) is 3. The summed E-state index contributed by atoms with van der Waals surface area (Å²) in [7, 11) is 0. The number of halogens is 1. The molecular weight excluding hydrogens is 246 g/mol. The molecule has 0 N–H and O–H groups in total. The highest BCUT2D eigenvalue weighted by Crippen LogP contribution is 2.17. The standard InChI is InChI=1S/C10H8BrNO2/c11-8-1-3-9(4-2-8)13-6-10-5-12-7-14-10/h1-5,7H,6H2. The van der Waals surface area contributed by atoms with Crippen molar-refractivity contribution >= 4 is 15.9 Å². The van der Waals surface area contributed by atoms with Gasteiger partial charge in [0.15, 0.2) is 12.2 Å². The maximum atomic E-state index is 5.45. The lowest BCUT2D eigenvalue weighted by atomic mass is 10.3. The van der Waals surface area contributed by atoms with Crippen LogP contribution in [0.25, 0.3) is 0 Å². The minimum absolute atomic E-state index is 0.404. The number of benzene rings is 1. The van der Waals surface area contributed by atoms with E-state index in [1.165, 1.54) is 6.39 Å². The van der Waals surface area contributed by atoms with Crippen molar-refractivity contribution in [3.05, 3.63) is 47.1 Å². The van der Waals surface area contributed by atoms with Crippen LogP contribution in [0.3, 0.4) is 0 Å². The maximum absolute atomic E-state index is 5.45. The third-order valence-corrected chi connectivity index (χ3v) is 2.21. The number of rotatable bonds is 3. The Morgan fingerprint density at radius 1 is 1.29 bits per heavy atom. The van der Waals surface area contributed by atoms with Crippen molar-refractivity contribution in [2.24, 2.45) is 0 Å². The fourth-order valence-electron chi connectivity index (χ4n) is 0.999. The summed E-state index contributed by atoms with van der Waals surface area (Å²) in [4.78, 5) is 3.79. The van der Waals surface area contributed by atoms with Gasteiger partial charge in [-0.1, -0.05) is 15.9 Å². The van der Waals surface area contributed by atoms with Crippen LogP contribution >= 0.6 is 15.9 Å². The Morgan fingerprint density at radius 2 is 2.07 bits per heavy atom. The Kier molecular flexibility index (Phi) is 2.84. The summed E-state index contributed by atoms with van der Waals surface area (Å²) in [5.74, 6) is 1.53. The first-order valence-corrected chi connectivity index (χ1v) is 4.89. The van der Waals surface area contributed by atoms with Crippen LogP contribution in [-0.2, 0) is 6.61 Å². The van der Waals surface area contributed by atoms with Gasteiger partial charge < -0.3 is 9.15 Å². The lowest BCUT2D eigenvalue weighted by Gasteiger charge is -2.02. The molecule has 1 aromatic carbocycles. The van der Waals surface area contributed by atoms with Crippen molar-refractivity contribution in [2.75, 3.05) is 0 Å². The summed E-state index contributed by atoms with van der Waals surface area (Å²) >= 11 is 3.35. The fourth-order valence-corrected chi connectivity index (χ4v) is 1.26. The van der Waals surface area contributed by atoms with Crippen LogP contribution < -0.4 is 4.74 Å². The minimum Gasteiger partial charge on any atom is -0.486 e. The van der Waals surface area contributed by atoms with E-state index in [9.17, 15) is 0 Å². The van der Waals surface area contributed by atoms with Crippen LogP contribution in [0.2, 0.25) is 0 Å². The third-order valence-electron chi connectivity index (χ3n) is 1.68. The number of oxazole rings is 1. The highest BCUT2D eigenvalue weighted by molar-refractivity contribution is 9.10. The van der Waals surface area contributed by atoms with E-state index in [2.05, 4.69) is 20.9 Å². The van der Waals surface area contributed by atoms with Gasteiger partial charge >= 0.3 is 0 Å². The van der Waals surface area contributed by atoms with Gasteiger partial charge in [-0.25, -0.2) is 4.98 Å². The maximum Gasteiger partial charge on any atom is 0.181 e. The molecule has 0 aliphatic heterocycles. The molecule has 0 spiro atoms. The van der Waals surface area contributed by atoms with Crippen molar-refractivity contribution in [3.8, 4) is 5.75 Å². The van der Waals surface area contributed by atoms with E-state index in [1.54, 1.807) is 6.20 Å².